The minimum absolute atomic E-state index is 0.155. The van der Waals surface area contributed by atoms with E-state index in [4.69, 9.17) is 25.8 Å². The third-order valence-electron chi connectivity index (χ3n) is 5.87. The van der Waals surface area contributed by atoms with Gasteiger partial charge in [0.25, 0.3) is 0 Å². The number of rotatable bonds is 10. The lowest BCUT2D eigenvalue weighted by atomic mass is 9.92. The Balaban J connectivity index is 1.50. The first kappa shape index (κ1) is 29.6. The lowest BCUT2D eigenvalue weighted by Gasteiger charge is -2.15. The number of nitrogens with one attached hydrogen (secondary N) is 4. The maximum Gasteiger partial charge on any atom is 0.324 e. The number of carbonyl (C=O) groups is 2. The first-order valence-corrected chi connectivity index (χ1v) is 13.3. The molecule has 0 aliphatic rings. The van der Waals surface area contributed by atoms with Gasteiger partial charge in [-0.25, -0.2) is 4.79 Å². The number of nitrogens with zero attached hydrogens (tertiary/aromatic N) is 2. The second-order valence-electron chi connectivity index (χ2n) is 10.3. The average Bonchev–Trinajstić information content (AvgIpc) is 3.37. The fraction of sp³-hybridized carbons (Fsp3) is 0.310. The number of aromatic nitrogens is 3. The molecule has 0 bridgehead atoms. The number of hydrogen-bond donors (Lipinski definition) is 4. The van der Waals surface area contributed by atoms with Crippen molar-refractivity contribution in [1.82, 2.24) is 15.2 Å². The van der Waals surface area contributed by atoms with Gasteiger partial charge < -0.3 is 24.8 Å². The summed E-state index contributed by atoms with van der Waals surface area (Å²) in [6, 6.07) is 11.5. The van der Waals surface area contributed by atoms with E-state index in [-0.39, 0.29) is 16.3 Å². The van der Waals surface area contributed by atoms with E-state index in [0.29, 0.717) is 65.0 Å². The standard InChI is InChI=1S/C29H33ClN6O5/c1-17(37)32-23-14-19-22(15-25(23)40-12-6-11-39-5)31-10-9-24(19)41-18-7-8-21(20(30)13-18)33-28(38)34-27-16-26(35-36-27)29(2,3)4/h7-10,13-16H,6,11-12H2,1-5H3,(H,32,37)(H3,33,34,35,36,38). The van der Waals surface area contributed by atoms with Gasteiger partial charge in [-0.05, 0) is 24.3 Å². The van der Waals surface area contributed by atoms with E-state index in [0.717, 1.165) is 5.69 Å². The van der Waals surface area contributed by atoms with Crippen LogP contribution >= 0.6 is 11.6 Å². The molecule has 2 aromatic heterocycles. The molecule has 0 aliphatic heterocycles. The van der Waals surface area contributed by atoms with Crippen molar-refractivity contribution in [2.24, 2.45) is 0 Å². The number of ether oxygens (including phenoxy) is 3. The van der Waals surface area contributed by atoms with Crippen molar-refractivity contribution in [2.75, 3.05) is 36.3 Å². The number of carbonyl (C=O) groups excluding carboxylic acids is 2. The summed E-state index contributed by atoms with van der Waals surface area (Å²) < 4.78 is 17.1. The number of pyridine rings is 1. The van der Waals surface area contributed by atoms with E-state index >= 15 is 0 Å². The van der Waals surface area contributed by atoms with Gasteiger partial charge in [0.1, 0.15) is 23.1 Å². The number of fused-ring (bicyclic) bond motifs is 1. The van der Waals surface area contributed by atoms with E-state index < -0.39 is 6.03 Å². The summed E-state index contributed by atoms with van der Waals surface area (Å²) in [5.41, 5.74) is 2.18. The Bertz CT molecular complexity index is 1550. The zero-order valence-electron chi connectivity index (χ0n) is 23.6. The van der Waals surface area contributed by atoms with Crippen molar-refractivity contribution in [1.29, 1.82) is 0 Å². The number of amides is 3. The van der Waals surface area contributed by atoms with Gasteiger partial charge in [-0.1, -0.05) is 32.4 Å². The van der Waals surface area contributed by atoms with Crippen molar-refractivity contribution >= 4 is 51.6 Å². The maximum absolute atomic E-state index is 12.5. The van der Waals surface area contributed by atoms with Crippen LogP contribution in [0.4, 0.5) is 22.0 Å². The smallest absolute Gasteiger partial charge is 0.324 e. The fourth-order valence-electron chi connectivity index (χ4n) is 3.86. The number of H-pyrrole nitrogens is 1. The number of urea groups is 1. The Kier molecular flexibility index (Phi) is 9.31. The van der Waals surface area contributed by atoms with Crippen molar-refractivity contribution in [3.8, 4) is 17.2 Å². The average molecular weight is 581 g/mol. The lowest BCUT2D eigenvalue weighted by Crippen LogP contribution is -2.19. The topological polar surface area (TPSA) is 139 Å². The van der Waals surface area contributed by atoms with Crippen LogP contribution in [0, 0.1) is 0 Å². The molecule has 4 rings (SSSR count). The summed E-state index contributed by atoms with van der Waals surface area (Å²) in [6.45, 7) is 8.50. The molecule has 0 atom stereocenters. The molecule has 216 valence electrons. The number of halogens is 1. The molecule has 11 nitrogen and oxygen atoms in total. The molecule has 0 fully saturated rings. The fourth-order valence-corrected chi connectivity index (χ4v) is 4.08. The largest absolute Gasteiger partial charge is 0.491 e. The molecule has 2 aromatic carbocycles. The third kappa shape index (κ3) is 7.86. The van der Waals surface area contributed by atoms with E-state index in [1.165, 1.54) is 6.92 Å². The van der Waals surface area contributed by atoms with Crippen LogP contribution in [0.3, 0.4) is 0 Å². The van der Waals surface area contributed by atoms with Crippen LogP contribution in [0.25, 0.3) is 10.9 Å². The number of anilines is 3. The molecular formula is C29H33ClN6O5. The van der Waals surface area contributed by atoms with E-state index in [1.54, 1.807) is 55.8 Å². The Hall–Kier alpha value is -4.35. The number of benzene rings is 2. The molecule has 4 aromatic rings. The highest BCUT2D eigenvalue weighted by Gasteiger charge is 2.18. The van der Waals surface area contributed by atoms with Crippen LogP contribution in [0.5, 0.6) is 17.2 Å². The van der Waals surface area contributed by atoms with Crippen molar-refractivity contribution in [3.63, 3.8) is 0 Å². The molecular weight excluding hydrogens is 548 g/mol. The zero-order valence-corrected chi connectivity index (χ0v) is 24.3. The Morgan fingerprint density at radius 2 is 1.78 bits per heavy atom. The molecule has 0 unspecified atom stereocenters. The second kappa shape index (κ2) is 12.9. The number of aromatic amines is 1. The predicted octanol–water partition coefficient (Wildman–Crippen LogP) is 6.72. The molecule has 0 aliphatic carbocycles. The highest BCUT2D eigenvalue weighted by atomic mass is 35.5. The van der Waals surface area contributed by atoms with Crippen LogP contribution in [0.1, 0.15) is 39.8 Å². The highest BCUT2D eigenvalue weighted by Crippen LogP contribution is 2.37. The normalized spacial score (nSPS) is 11.3. The van der Waals surface area contributed by atoms with Gasteiger partial charge >= 0.3 is 6.03 Å². The molecule has 3 amide bonds. The summed E-state index contributed by atoms with van der Waals surface area (Å²) in [4.78, 5) is 28.8. The van der Waals surface area contributed by atoms with Gasteiger partial charge in [0.05, 0.1) is 34.2 Å². The minimum atomic E-state index is -0.476. The van der Waals surface area contributed by atoms with Gasteiger partial charge in [-0.15, -0.1) is 0 Å². The molecule has 2 heterocycles. The number of methoxy groups -OCH3 is 1. The predicted molar refractivity (Wildman–Crippen MR) is 159 cm³/mol. The van der Waals surface area contributed by atoms with E-state index in [2.05, 4.69) is 31.1 Å². The summed E-state index contributed by atoms with van der Waals surface area (Å²) >= 11 is 6.47. The van der Waals surface area contributed by atoms with Gasteiger partial charge in [-0.3, -0.25) is 20.2 Å². The summed E-state index contributed by atoms with van der Waals surface area (Å²) in [5, 5.41) is 16.2. The summed E-state index contributed by atoms with van der Waals surface area (Å²) in [7, 11) is 1.63. The van der Waals surface area contributed by atoms with Gasteiger partial charge in [0.2, 0.25) is 5.91 Å². The van der Waals surface area contributed by atoms with Crippen LogP contribution in [-0.4, -0.2) is 47.4 Å². The van der Waals surface area contributed by atoms with Gasteiger partial charge in [0, 0.05) is 62.3 Å². The highest BCUT2D eigenvalue weighted by molar-refractivity contribution is 6.34. The van der Waals surface area contributed by atoms with Crippen molar-refractivity contribution < 1.29 is 23.8 Å². The van der Waals surface area contributed by atoms with Crippen molar-refractivity contribution in [2.45, 2.75) is 39.5 Å². The summed E-state index contributed by atoms with van der Waals surface area (Å²) in [6.07, 6.45) is 2.31. The third-order valence-corrected chi connectivity index (χ3v) is 6.19. The SMILES string of the molecule is COCCCOc1cc2nccc(Oc3ccc(NC(=O)Nc4cc(C(C)(C)C)n[nH]4)c(Cl)c3)c2cc1NC(C)=O. The zero-order chi connectivity index (χ0) is 29.6. The Morgan fingerprint density at radius 3 is 2.46 bits per heavy atom. The molecule has 0 spiro atoms. The van der Waals surface area contributed by atoms with Crippen molar-refractivity contribution in [3.05, 3.63) is 59.4 Å². The lowest BCUT2D eigenvalue weighted by molar-refractivity contribution is -0.114. The van der Waals surface area contributed by atoms with Crippen LogP contribution in [0.15, 0.2) is 48.7 Å². The first-order valence-electron chi connectivity index (χ1n) is 13.0. The molecule has 0 saturated carbocycles. The van der Waals surface area contributed by atoms with Gasteiger partial charge in [-0.2, -0.15) is 5.10 Å². The molecule has 12 heteroatoms. The quantitative estimate of drug-likeness (QED) is 0.153. The van der Waals surface area contributed by atoms with E-state index in [9.17, 15) is 9.59 Å². The summed E-state index contributed by atoms with van der Waals surface area (Å²) in [5.74, 6) is 1.66. The number of hydrogen-bond acceptors (Lipinski definition) is 7. The van der Waals surface area contributed by atoms with E-state index in [1.807, 2.05) is 20.8 Å². The molecule has 0 saturated heterocycles. The molecule has 0 radical (unpaired) electrons. The molecule has 41 heavy (non-hydrogen) atoms. The first-order chi connectivity index (χ1) is 19.5. The second-order valence-corrected chi connectivity index (χ2v) is 10.7. The molecule has 4 N–H and O–H groups in total. The monoisotopic (exact) mass is 580 g/mol. The Labute approximate surface area is 242 Å². The van der Waals surface area contributed by atoms with Crippen LogP contribution in [-0.2, 0) is 14.9 Å². The van der Waals surface area contributed by atoms with Gasteiger partial charge in [0.15, 0.2) is 0 Å². The van der Waals surface area contributed by atoms with Crippen LogP contribution < -0.4 is 25.4 Å². The minimum Gasteiger partial charge on any atom is -0.491 e. The van der Waals surface area contributed by atoms with Crippen LogP contribution in [0.2, 0.25) is 5.02 Å². The maximum atomic E-state index is 12.5. The Morgan fingerprint density at radius 1 is 0.976 bits per heavy atom.